The molecule has 11 aromatic rings. The van der Waals surface area contributed by atoms with Crippen LogP contribution in [0.1, 0.15) is 11.5 Å². The number of rotatable bonds is 8. The largest absolute Gasteiger partial charge is 0.333 e. The van der Waals surface area contributed by atoms with Crippen molar-refractivity contribution < 1.29 is 0 Å². The predicted molar refractivity (Wildman–Crippen MR) is 282 cm³/mol. The highest BCUT2D eigenvalue weighted by Gasteiger charge is 2.37. The number of fused-ring (bicyclic) bond motifs is 6. The van der Waals surface area contributed by atoms with Crippen LogP contribution in [0, 0.1) is 0 Å². The minimum absolute atomic E-state index is 0.218. The van der Waals surface area contributed by atoms with Gasteiger partial charge in [0.1, 0.15) is 0 Å². The highest BCUT2D eigenvalue weighted by molar-refractivity contribution is 6.10. The van der Waals surface area contributed by atoms with Gasteiger partial charge in [0.2, 0.25) is 0 Å². The Morgan fingerprint density at radius 1 is 0.324 bits per heavy atom. The Kier molecular flexibility index (Phi) is 9.61. The zero-order valence-corrected chi connectivity index (χ0v) is 37.2. The first-order chi connectivity index (χ1) is 33.7. The van der Waals surface area contributed by atoms with Gasteiger partial charge >= 0.3 is 0 Å². The van der Waals surface area contributed by atoms with Crippen LogP contribution in [0.4, 0.5) is 11.4 Å². The van der Waals surface area contributed by atoms with E-state index in [4.69, 9.17) is 9.97 Å². The van der Waals surface area contributed by atoms with E-state index in [0.29, 0.717) is 0 Å². The van der Waals surface area contributed by atoms with Crippen molar-refractivity contribution in [2.75, 3.05) is 4.90 Å². The van der Waals surface area contributed by atoms with Crippen molar-refractivity contribution in [1.82, 2.24) is 14.5 Å². The fraction of sp³-hybridized carbons (Fsp3) is 0.0312. The number of nitrogens with zero attached hydrogens (tertiary/aromatic N) is 4. The van der Waals surface area contributed by atoms with Crippen molar-refractivity contribution in [3.63, 3.8) is 0 Å². The second-order valence-corrected chi connectivity index (χ2v) is 17.8. The van der Waals surface area contributed by atoms with Gasteiger partial charge in [-0.3, -0.25) is 0 Å². The third-order valence-corrected chi connectivity index (χ3v) is 13.7. The lowest BCUT2D eigenvalue weighted by atomic mass is 9.90. The predicted octanol–water partition coefficient (Wildman–Crippen LogP) is 16.3. The lowest BCUT2D eigenvalue weighted by Crippen LogP contribution is -2.28. The molecule has 0 fully saturated rings. The monoisotopic (exact) mass is 868 g/mol. The van der Waals surface area contributed by atoms with Crippen molar-refractivity contribution >= 4 is 33.2 Å². The van der Waals surface area contributed by atoms with Crippen molar-refractivity contribution in [3.05, 3.63) is 260 Å². The number of hydrogen-bond donors (Lipinski definition) is 0. The van der Waals surface area contributed by atoms with Crippen molar-refractivity contribution in [1.29, 1.82) is 0 Å². The Morgan fingerprint density at radius 3 is 1.47 bits per heavy atom. The molecule has 8 aromatic carbocycles. The minimum atomic E-state index is 0.218. The van der Waals surface area contributed by atoms with Crippen molar-refractivity contribution in [3.8, 4) is 73.0 Å². The number of benzene rings is 8. The SMILES string of the molecule is C1=CC2c3cc(-c4cc(-c5cccc(-c6cc(-c7ccccc7)nc(-c7ccc8c(c7)c7ccccc7n8-c7ccccc7)c6)c5)cc(-c5ccccc5)n4)ccc3N(c3ccccc3)C2C=C1. The maximum atomic E-state index is 5.38. The van der Waals surface area contributed by atoms with E-state index in [1.165, 1.54) is 38.7 Å². The standard InChI is InChI=1S/C64H44N4/c1-5-18-43(19-6-1)57-39-49(41-59(65-57)47-32-34-63-55(37-47)53-28-13-15-30-61(53)67(63)51-24-9-3-10-25-51)45-22-17-23-46(36-45)50-40-58(44-20-7-2-8-21-44)66-60(42-50)48-33-35-64-56(38-48)54-29-14-16-31-62(54)68(64)52-26-11-4-12-27-52/h1-42,53,61H. The fourth-order valence-electron chi connectivity index (χ4n) is 10.5. The first-order valence-corrected chi connectivity index (χ1v) is 23.4. The first-order valence-electron chi connectivity index (χ1n) is 23.4. The van der Waals surface area contributed by atoms with Gasteiger partial charge in [-0.05, 0) is 113 Å². The lowest BCUT2D eigenvalue weighted by molar-refractivity contribution is 0.745. The Balaban J connectivity index is 0.932. The molecular formula is C64H44N4. The number of hydrogen-bond acceptors (Lipinski definition) is 3. The number of pyridine rings is 2. The maximum absolute atomic E-state index is 5.38. The number of para-hydroxylation sites is 3. The molecule has 1 aliphatic carbocycles. The third-order valence-electron chi connectivity index (χ3n) is 13.7. The molecule has 0 bridgehead atoms. The van der Waals surface area contributed by atoms with Crippen LogP contribution in [-0.2, 0) is 0 Å². The van der Waals surface area contributed by atoms with Crippen LogP contribution in [0.5, 0.6) is 0 Å². The molecule has 0 saturated carbocycles. The van der Waals surface area contributed by atoms with Crippen LogP contribution < -0.4 is 4.90 Å². The van der Waals surface area contributed by atoms with Gasteiger partial charge in [0.15, 0.2) is 0 Å². The first kappa shape index (κ1) is 39.5. The van der Waals surface area contributed by atoms with Crippen LogP contribution in [0.2, 0.25) is 0 Å². The molecule has 68 heavy (non-hydrogen) atoms. The molecule has 13 rings (SSSR count). The smallest absolute Gasteiger partial charge is 0.0715 e. The zero-order chi connectivity index (χ0) is 45.0. The third kappa shape index (κ3) is 6.94. The molecule has 0 saturated heterocycles. The summed E-state index contributed by atoms with van der Waals surface area (Å²) in [5.74, 6) is 0.242. The van der Waals surface area contributed by atoms with Crippen molar-refractivity contribution in [2.45, 2.75) is 12.0 Å². The highest BCUT2D eigenvalue weighted by Crippen LogP contribution is 2.49. The normalized spacial score (nSPS) is 14.9. The average Bonchev–Trinajstić information content (AvgIpc) is 3.94. The summed E-state index contributed by atoms with van der Waals surface area (Å²) in [4.78, 5) is 13.2. The molecule has 2 unspecified atom stereocenters. The molecule has 2 aliphatic rings. The number of aromatic nitrogens is 3. The molecule has 4 heteroatoms. The summed E-state index contributed by atoms with van der Waals surface area (Å²) in [5, 5.41) is 2.41. The van der Waals surface area contributed by atoms with E-state index in [-0.39, 0.29) is 12.0 Å². The summed E-state index contributed by atoms with van der Waals surface area (Å²) in [5.41, 5.74) is 19.8. The molecule has 0 spiro atoms. The molecule has 3 aromatic heterocycles. The summed E-state index contributed by atoms with van der Waals surface area (Å²) >= 11 is 0. The van der Waals surface area contributed by atoms with Gasteiger partial charge in [-0.25, -0.2) is 9.97 Å². The second kappa shape index (κ2) is 16.5. The van der Waals surface area contributed by atoms with Gasteiger partial charge in [-0.15, -0.1) is 0 Å². The van der Waals surface area contributed by atoms with Crippen molar-refractivity contribution in [2.24, 2.45) is 0 Å². The van der Waals surface area contributed by atoms with E-state index in [0.717, 1.165) is 73.0 Å². The van der Waals surface area contributed by atoms with Crippen LogP contribution in [0.15, 0.2) is 255 Å². The Bertz CT molecular complexity index is 3740. The Labute approximate surface area is 396 Å². The van der Waals surface area contributed by atoms with Gasteiger partial charge in [0.25, 0.3) is 0 Å². The van der Waals surface area contributed by atoms with E-state index >= 15 is 0 Å². The minimum Gasteiger partial charge on any atom is -0.333 e. The molecule has 0 N–H and O–H groups in total. The molecule has 0 amide bonds. The fourth-order valence-corrected chi connectivity index (χ4v) is 10.5. The summed E-state index contributed by atoms with van der Waals surface area (Å²) in [6.45, 7) is 0. The van der Waals surface area contributed by atoms with E-state index in [1.54, 1.807) is 0 Å². The van der Waals surface area contributed by atoms with Gasteiger partial charge in [0.05, 0.1) is 39.9 Å². The average molecular weight is 869 g/mol. The molecule has 4 nitrogen and oxygen atoms in total. The van der Waals surface area contributed by atoms with Crippen LogP contribution in [0.25, 0.3) is 94.8 Å². The van der Waals surface area contributed by atoms with E-state index in [2.05, 4.69) is 264 Å². The van der Waals surface area contributed by atoms with Gasteiger partial charge < -0.3 is 9.47 Å². The van der Waals surface area contributed by atoms with E-state index in [1.807, 2.05) is 0 Å². The Hall–Kier alpha value is -8.86. The van der Waals surface area contributed by atoms with Gasteiger partial charge in [0, 0.05) is 56.0 Å². The highest BCUT2D eigenvalue weighted by atomic mass is 15.2. The zero-order valence-electron chi connectivity index (χ0n) is 37.2. The lowest BCUT2D eigenvalue weighted by Gasteiger charge is -2.28. The van der Waals surface area contributed by atoms with Gasteiger partial charge in [-0.1, -0.05) is 170 Å². The summed E-state index contributed by atoms with van der Waals surface area (Å²) < 4.78 is 2.36. The molecule has 320 valence electrons. The molecular weight excluding hydrogens is 825 g/mol. The van der Waals surface area contributed by atoms with E-state index in [9.17, 15) is 0 Å². The summed E-state index contributed by atoms with van der Waals surface area (Å²) in [6, 6.07) is 82.9. The number of anilines is 2. The summed E-state index contributed by atoms with van der Waals surface area (Å²) in [7, 11) is 0. The van der Waals surface area contributed by atoms with Gasteiger partial charge in [-0.2, -0.15) is 0 Å². The molecule has 1 aliphatic heterocycles. The quantitative estimate of drug-likeness (QED) is 0.153. The Morgan fingerprint density at radius 2 is 0.824 bits per heavy atom. The molecule has 4 heterocycles. The second-order valence-electron chi connectivity index (χ2n) is 17.8. The topological polar surface area (TPSA) is 34.0 Å². The summed E-state index contributed by atoms with van der Waals surface area (Å²) in [6.07, 6.45) is 9.04. The molecule has 0 radical (unpaired) electrons. The van der Waals surface area contributed by atoms with Crippen LogP contribution in [0.3, 0.4) is 0 Å². The van der Waals surface area contributed by atoms with Crippen LogP contribution in [-0.4, -0.2) is 20.6 Å². The molecule has 2 atom stereocenters. The van der Waals surface area contributed by atoms with Crippen LogP contribution >= 0.6 is 0 Å². The number of allylic oxidation sites excluding steroid dienone is 2. The van der Waals surface area contributed by atoms with E-state index < -0.39 is 0 Å². The maximum Gasteiger partial charge on any atom is 0.0715 e.